The van der Waals surface area contributed by atoms with Gasteiger partial charge in [-0.25, -0.2) is 14.5 Å². The number of benzene rings is 2. The fourth-order valence-corrected chi connectivity index (χ4v) is 5.49. The molecule has 0 saturated carbocycles. The van der Waals surface area contributed by atoms with E-state index in [1.807, 2.05) is 35.2 Å². The molecule has 0 spiro atoms. The smallest absolute Gasteiger partial charge is 0.368 e. The van der Waals surface area contributed by atoms with Gasteiger partial charge in [-0.1, -0.05) is 53.5 Å². The molecule has 0 aliphatic carbocycles. The van der Waals surface area contributed by atoms with E-state index in [2.05, 4.69) is 4.99 Å². The second-order valence-electron chi connectivity index (χ2n) is 9.04. The van der Waals surface area contributed by atoms with E-state index < -0.39 is 47.2 Å². The van der Waals surface area contributed by atoms with E-state index in [0.717, 1.165) is 16.4 Å². The van der Waals surface area contributed by atoms with Crippen LogP contribution in [0.15, 0.2) is 64.4 Å². The molecule has 9 nitrogen and oxygen atoms in total. The number of nitrogens with zero attached hydrogens (tertiary/aromatic N) is 5. The summed E-state index contributed by atoms with van der Waals surface area (Å²) in [6, 6.07) is 11.5. The Kier molecular flexibility index (Phi) is 6.93. The summed E-state index contributed by atoms with van der Waals surface area (Å²) in [5.74, 6) is -3.37. The maximum atomic E-state index is 14.5. The summed E-state index contributed by atoms with van der Waals surface area (Å²) in [6.45, 7) is 1.02. The number of aromatic nitrogens is 2. The number of nitrogens with two attached hydrogens (primary N) is 1. The number of rotatable bonds is 3. The minimum Gasteiger partial charge on any atom is -0.368 e. The van der Waals surface area contributed by atoms with Crippen LogP contribution in [0.5, 0.6) is 0 Å². The molecule has 14 heteroatoms. The van der Waals surface area contributed by atoms with Crippen LogP contribution < -0.4 is 16.2 Å². The SMILES string of the molecule is NC(=O)n1c(=O)cc2n1C(c1cccc(Cl)c1Cl)C(C(=O)N1CCN(c3ccccc3)CC1)C(C(F)(F)F)=N2. The quantitative estimate of drug-likeness (QED) is 0.503. The van der Waals surface area contributed by atoms with Crippen molar-refractivity contribution in [3.05, 3.63) is 80.6 Å². The van der Waals surface area contributed by atoms with Gasteiger partial charge in [0.05, 0.1) is 16.1 Å². The Bertz CT molecular complexity index is 1530. The number of amides is 2. The number of carbonyl (C=O) groups excluding carboxylic acids is 2. The van der Waals surface area contributed by atoms with Crippen molar-refractivity contribution in [1.82, 2.24) is 14.3 Å². The molecule has 2 aromatic carbocycles. The maximum absolute atomic E-state index is 14.5. The van der Waals surface area contributed by atoms with E-state index in [-0.39, 0.29) is 28.7 Å². The standard InChI is InChI=1S/C25H21Cl2F3N6O3/c26-16-8-4-7-15(20(16)27)21-19(23(38)34-11-9-33(10-12-34)14-5-2-1-3-6-14)22(25(28,29)30)32-17-13-18(37)36(24(31)39)35(17)21/h1-8,13,19,21H,9-12H2,(H2,31,39). The van der Waals surface area contributed by atoms with Crippen LogP contribution in [0.4, 0.5) is 29.5 Å². The minimum absolute atomic E-state index is 0.00561. The van der Waals surface area contributed by atoms with Gasteiger partial charge in [0, 0.05) is 37.9 Å². The molecular formula is C25H21Cl2F3N6O3. The molecule has 2 amide bonds. The first kappa shape index (κ1) is 26.8. The first-order chi connectivity index (χ1) is 18.5. The van der Waals surface area contributed by atoms with Crippen LogP contribution in [-0.2, 0) is 4.79 Å². The minimum atomic E-state index is -5.05. The highest BCUT2D eigenvalue weighted by Crippen LogP contribution is 2.44. The molecule has 2 aliphatic heterocycles. The summed E-state index contributed by atoms with van der Waals surface area (Å²) < 4.78 is 44.8. The molecule has 1 fully saturated rings. The number of carbonyl (C=O) groups is 2. The first-order valence-corrected chi connectivity index (χ1v) is 12.6. The second kappa shape index (κ2) is 10.1. The van der Waals surface area contributed by atoms with Crippen molar-refractivity contribution in [2.24, 2.45) is 16.6 Å². The van der Waals surface area contributed by atoms with Gasteiger partial charge in [0.2, 0.25) is 5.91 Å². The lowest BCUT2D eigenvalue weighted by atomic mass is 9.85. The third-order valence-electron chi connectivity index (χ3n) is 6.80. The summed E-state index contributed by atoms with van der Waals surface area (Å²) in [5, 5.41) is -0.128. The van der Waals surface area contributed by atoms with E-state index >= 15 is 0 Å². The highest BCUT2D eigenvalue weighted by molar-refractivity contribution is 6.42. The number of alkyl halides is 3. The number of para-hydroxylation sites is 1. The van der Waals surface area contributed by atoms with Crippen LogP contribution in [0.25, 0.3) is 0 Å². The van der Waals surface area contributed by atoms with Gasteiger partial charge in [-0.2, -0.15) is 17.9 Å². The lowest BCUT2D eigenvalue weighted by Crippen LogP contribution is -2.55. The molecule has 1 aromatic heterocycles. The van der Waals surface area contributed by atoms with Gasteiger partial charge in [0.1, 0.15) is 11.6 Å². The number of aliphatic imine (C=N–C) groups is 1. The van der Waals surface area contributed by atoms with Crippen LogP contribution in [0.3, 0.4) is 0 Å². The summed E-state index contributed by atoms with van der Waals surface area (Å²) in [6.07, 6.45) is -5.05. The highest BCUT2D eigenvalue weighted by atomic mass is 35.5. The van der Waals surface area contributed by atoms with Crippen molar-refractivity contribution in [3.63, 3.8) is 0 Å². The molecule has 2 atom stereocenters. The first-order valence-electron chi connectivity index (χ1n) is 11.8. The number of anilines is 1. The monoisotopic (exact) mass is 580 g/mol. The number of halogens is 5. The highest BCUT2D eigenvalue weighted by Gasteiger charge is 2.53. The van der Waals surface area contributed by atoms with E-state index in [4.69, 9.17) is 28.9 Å². The van der Waals surface area contributed by atoms with Gasteiger partial charge in [-0.15, -0.1) is 0 Å². The topological polar surface area (TPSA) is 106 Å². The van der Waals surface area contributed by atoms with Crippen LogP contribution >= 0.6 is 23.2 Å². The van der Waals surface area contributed by atoms with E-state index in [0.29, 0.717) is 17.8 Å². The number of primary amides is 1. The van der Waals surface area contributed by atoms with Crippen molar-refractivity contribution in [1.29, 1.82) is 0 Å². The number of piperazine rings is 1. The van der Waals surface area contributed by atoms with Crippen LogP contribution in [0.2, 0.25) is 10.0 Å². The number of hydrogen-bond donors (Lipinski definition) is 1. The van der Waals surface area contributed by atoms with Gasteiger partial charge >= 0.3 is 12.2 Å². The molecule has 2 N–H and O–H groups in total. The van der Waals surface area contributed by atoms with E-state index in [9.17, 15) is 27.6 Å². The molecule has 3 heterocycles. The predicted molar refractivity (Wildman–Crippen MR) is 140 cm³/mol. The molecule has 5 rings (SSSR count). The second-order valence-corrected chi connectivity index (χ2v) is 9.83. The summed E-state index contributed by atoms with van der Waals surface area (Å²) in [7, 11) is 0. The summed E-state index contributed by atoms with van der Waals surface area (Å²) in [5.41, 5.74) is 3.92. The van der Waals surface area contributed by atoms with Crippen LogP contribution in [-0.4, -0.2) is 64.3 Å². The summed E-state index contributed by atoms with van der Waals surface area (Å²) in [4.78, 5) is 45.8. The molecule has 3 aromatic rings. The third-order valence-corrected chi connectivity index (χ3v) is 7.63. The average Bonchev–Trinajstić information content (AvgIpc) is 3.25. The fraction of sp³-hybridized carbons (Fsp3) is 0.280. The van der Waals surface area contributed by atoms with E-state index in [1.165, 1.54) is 23.1 Å². The van der Waals surface area contributed by atoms with Crippen molar-refractivity contribution in [2.45, 2.75) is 12.2 Å². The molecule has 1 saturated heterocycles. The average molecular weight is 581 g/mol. The van der Waals surface area contributed by atoms with Gasteiger partial charge < -0.3 is 15.5 Å². The lowest BCUT2D eigenvalue weighted by molar-refractivity contribution is -0.136. The van der Waals surface area contributed by atoms with Gasteiger partial charge in [0.15, 0.2) is 5.82 Å². The molecule has 39 heavy (non-hydrogen) atoms. The fourth-order valence-electron chi connectivity index (χ4n) is 5.07. The van der Waals surface area contributed by atoms with Gasteiger partial charge in [0.25, 0.3) is 5.56 Å². The Labute approximate surface area is 229 Å². The number of fused-ring (bicyclic) bond motifs is 1. The van der Waals surface area contributed by atoms with Gasteiger partial charge in [-0.05, 0) is 23.8 Å². The van der Waals surface area contributed by atoms with Crippen LogP contribution in [0, 0.1) is 5.92 Å². The largest absolute Gasteiger partial charge is 0.430 e. The Morgan fingerprint density at radius 3 is 2.26 bits per heavy atom. The molecular weight excluding hydrogens is 560 g/mol. The Morgan fingerprint density at radius 2 is 1.64 bits per heavy atom. The Balaban J connectivity index is 1.63. The number of hydrogen-bond acceptors (Lipinski definition) is 5. The Morgan fingerprint density at radius 1 is 0.974 bits per heavy atom. The molecule has 2 unspecified atom stereocenters. The summed E-state index contributed by atoms with van der Waals surface area (Å²) >= 11 is 12.6. The normalized spacial score (nSPS) is 19.5. The van der Waals surface area contributed by atoms with Crippen molar-refractivity contribution >= 4 is 52.4 Å². The zero-order chi connectivity index (χ0) is 28.1. The van der Waals surface area contributed by atoms with Crippen molar-refractivity contribution in [3.8, 4) is 0 Å². The van der Waals surface area contributed by atoms with Crippen molar-refractivity contribution < 1.29 is 22.8 Å². The molecule has 0 bridgehead atoms. The molecule has 0 radical (unpaired) electrons. The van der Waals surface area contributed by atoms with Crippen LogP contribution in [0.1, 0.15) is 11.6 Å². The third kappa shape index (κ3) is 4.78. The lowest BCUT2D eigenvalue weighted by Gasteiger charge is -2.41. The molecule has 2 aliphatic rings. The predicted octanol–water partition coefficient (Wildman–Crippen LogP) is 4.09. The van der Waals surface area contributed by atoms with Gasteiger partial charge in [-0.3, -0.25) is 9.59 Å². The zero-order valence-corrected chi connectivity index (χ0v) is 21.6. The zero-order valence-electron chi connectivity index (χ0n) is 20.1. The maximum Gasteiger partial charge on any atom is 0.430 e. The Hall–Kier alpha value is -3.77. The molecule has 204 valence electrons. The van der Waals surface area contributed by atoms with E-state index in [1.54, 1.807) is 0 Å². The van der Waals surface area contributed by atoms with Crippen molar-refractivity contribution in [2.75, 3.05) is 31.1 Å².